The van der Waals surface area contributed by atoms with Gasteiger partial charge in [0.05, 0.1) is 12.3 Å². The molecule has 0 saturated heterocycles. The number of methoxy groups -OCH3 is 1. The molecular weight excluding hydrogens is 286 g/mol. The first-order valence-electron chi connectivity index (χ1n) is 6.73. The zero-order chi connectivity index (χ0) is 15.9. The molecule has 0 aliphatic carbocycles. The van der Waals surface area contributed by atoms with Crippen LogP contribution in [0.1, 0.15) is 10.5 Å². The maximum absolute atomic E-state index is 12.4. The number of carbonyl (C=O) groups is 2. The number of nitrogens with zero attached hydrogens (tertiary/aromatic N) is 3. The number of hydrogen-bond donors (Lipinski definition) is 1. The molecule has 0 fully saturated rings. The van der Waals surface area contributed by atoms with Gasteiger partial charge in [0.1, 0.15) is 6.54 Å². The van der Waals surface area contributed by atoms with Gasteiger partial charge in [-0.3, -0.25) is 9.59 Å². The van der Waals surface area contributed by atoms with Crippen molar-refractivity contribution in [3.63, 3.8) is 0 Å². The molecule has 22 heavy (non-hydrogen) atoms. The van der Waals surface area contributed by atoms with Crippen LogP contribution in [0.25, 0.3) is 5.69 Å². The number of aliphatic carboxylic acids is 1. The van der Waals surface area contributed by atoms with Crippen molar-refractivity contribution in [3.8, 4) is 5.69 Å². The highest BCUT2D eigenvalue weighted by Gasteiger charge is 2.20. The Morgan fingerprint density at radius 3 is 2.64 bits per heavy atom. The number of aromatic nitrogens is 2. The fourth-order valence-corrected chi connectivity index (χ4v) is 1.94. The molecule has 0 atom stereocenters. The smallest absolute Gasteiger partial charge is 0.323 e. The van der Waals surface area contributed by atoms with Crippen molar-refractivity contribution in [1.82, 2.24) is 14.7 Å². The monoisotopic (exact) mass is 303 g/mol. The summed E-state index contributed by atoms with van der Waals surface area (Å²) in [5.41, 5.74) is 1.02. The van der Waals surface area contributed by atoms with E-state index < -0.39 is 11.9 Å². The third kappa shape index (κ3) is 3.92. The number of carbonyl (C=O) groups excluding carboxylic acids is 1. The van der Waals surface area contributed by atoms with E-state index in [9.17, 15) is 9.59 Å². The van der Waals surface area contributed by atoms with Crippen LogP contribution in [0.2, 0.25) is 0 Å². The Hall–Kier alpha value is -2.67. The van der Waals surface area contributed by atoms with Crippen LogP contribution >= 0.6 is 0 Å². The highest BCUT2D eigenvalue weighted by atomic mass is 16.5. The van der Waals surface area contributed by atoms with Gasteiger partial charge < -0.3 is 14.7 Å². The molecule has 2 rings (SSSR count). The molecule has 0 bridgehead atoms. The van der Waals surface area contributed by atoms with Crippen LogP contribution in [0.15, 0.2) is 42.6 Å². The van der Waals surface area contributed by atoms with Crippen molar-refractivity contribution in [2.75, 3.05) is 26.8 Å². The van der Waals surface area contributed by atoms with Crippen LogP contribution in [0, 0.1) is 0 Å². The van der Waals surface area contributed by atoms with Crippen LogP contribution < -0.4 is 0 Å². The molecule has 0 saturated carbocycles. The van der Waals surface area contributed by atoms with E-state index in [-0.39, 0.29) is 25.4 Å². The average Bonchev–Trinajstić information content (AvgIpc) is 3.01. The van der Waals surface area contributed by atoms with Crippen molar-refractivity contribution in [1.29, 1.82) is 0 Å². The summed E-state index contributed by atoms with van der Waals surface area (Å²) in [5, 5.41) is 13.1. The summed E-state index contributed by atoms with van der Waals surface area (Å²) < 4.78 is 6.47. The maximum Gasteiger partial charge on any atom is 0.323 e. The first-order valence-corrected chi connectivity index (χ1v) is 6.73. The van der Waals surface area contributed by atoms with E-state index in [0.29, 0.717) is 0 Å². The largest absolute Gasteiger partial charge is 0.480 e. The minimum Gasteiger partial charge on any atom is -0.480 e. The van der Waals surface area contributed by atoms with Gasteiger partial charge in [-0.25, -0.2) is 4.68 Å². The van der Waals surface area contributed by atoms with E-state index in [0.717, 1.165) is 5.69 Å². The summed E-state index contributed by atoms with van der Waals surface area (Å²) in [6.45, 7) is 0.0681. The van der Waals surface area contributed by atoms with Gasteiger partial charge >= 0.3 is 5.97 Å². The molecule has 1 aromatic heterocycles. The number of hydrogen-bond acceptors (Lipinski definition) is 4. The van der Waals surface area contributed by atoms with Gasteiger partial charge in [-0.1, -0.05) is 18.2 Å². The molecule has 0 radical (unpaired) electrons. The van der Waals surface area contributed by atoms with Crippen molar-refractivity contribution in [2.45, 2.75) is 0 Å². The molecule has 1 heterocycles. The Balaban J connectivity index is 2.16. The lowest BCUT2D eigenvalue weighted by atomic mass is 10.3. The summed E-state index contributed by atoms with van der Waals surface area (Å²) in [7, 11) is 1.49. The van der Waals surface area contributed by atoms with Crippen LogP contribution in [0.3, 0.4) is 0 Å². The van der Waals surface area contributed by atoms with Gasteiger partial charge in [0.15, 0.2) is 5.69 Å². The van der Waals surface area contributed by atoms with E-state index >= 15 is 0 Å². The highest BCUT2D eigenvalue weighted by Crippen LogP contribution is 2.08. The lowest BCUT2D eigenvalue weighted by molar-refractivity contribution is -0.137. The Labute approximate surface area is 127 Å². The second-order valence-corrected chi connectivity index (χ2v) is 4.59. The number of carboxylic acids is 1. The van der Waals surface area contributed by atoms with E-state index in [1.54, 1.807) is 16.9 Å². The number of rotatable bonds is 7. The molecule has 116 valence electrons. The molecule has 1 amide bonds. The lowest BCUT2D eigenvalue weighted by Gasteiger charge is -2.18. The van der Waals surface area contributed by atoms with E-state index in [4.69, 9.17) is 9.84 Å². The Bertz CT molecular complexity index is 639. The summed E-state index contributed by atoms with van der Waals surface area (Å²) >= 11 is 0. The first kappa shape index (κ1) is 15.7. The molecule has 1 aromatic carbocycles. The zero-order valence-electron chi connectivity index (χ0n) is 12.2. The summed E-state index contributed by atoms with van der Waals surface area (Å²) in [6.07, 6.45) is 1.66. The lowest BCUT2D eigenvalue weighted by Crippen LogP contribution is -2.38. The molecule has 7 heteroatoms. The molecule has 0 aliphatic heterocycles. The maximum atomic E-state index is 12.4. The van der Waals surface area contributed by atoms with Crippen molar-refractivity contribution < 1.29 is 19.4 Å². The number of benzene rings is 1. The fourth-order valence-electron chi connectivity index (χ4n) is 1.94. The third-order valence-corrected chi connectivity index (χ3v) is 3.01. The van der Waals surface area contributed by atoms with E-state index in [1.165, 1.54) is 12.0 Å². The van der Waals surface area contributed by atoms with Gasteiger partial charge in [0.2, 0.25) is 0 Å². The Morgan fingerprint density at radius 2 is 2.00 bits per heavy atom. The van der Waals surface area contributed by atoms with Crippen molar-refractivity contribution in [3.05, 3.63) is 48.3 Å². The standard InChI is InChI=1S/C15H17N3O4/c1-22-10-9-17(11-14(19)20)15(21)13-7-8-18(16-13)12-5-3-2-4-6-12/h2-8H,9-11H2,1H3,(H,19,20). The number of carboxylic acid groups (broad SMARTS) is 1. The van der Waals surface area contributed by atoms with Crippen LogP contribution in [0.5, 0.6) is 0 Å². The zero-order valence-corrected chi connectivity index (χ0v) is 12.2. The van der Waals surface area contributed by atoms with Gasteiger partial charge in [-0.2, -0.15) is 5.10 Å². The number of ether oxygens (including phenoxy) is 1. The van der Waals surface area contributed by atoms with Crippen LogP contribution in [0.4, 0.5) is 0 Å². The summed E-state index contributed by atoms with van der Waals surface area (Å²) in [6, 6.07) is 10.9. The average molecular weight is 303 g/mol. The Kier molecular flexibility index (Phi) is 5.26. The number of para-hydroxylation sites is 1. The topological polar surface area (TPSA) is 84.7 Å². The molecular formula is C15H17N3O4. The normalized spacial score (nSPS) is 10.4. The second kappa shape index (κ2) is 7.37. The molecule has 0 spiro atoms. The van der Waals surface area contributed by atoms with E-state index in [2.05, 4.69) is 5.10 Å². The molecule has 1 N–H and O–H groups in total. The Morgan fingerprint density at radius 1 is 1.27 bits per heavy atom. The highest BCUT2D eigenvalue weighted by molar-refractivity contribution is 5.94. The quantitative estimate of drug-likeness (QED) is 0.826. The van der Waals surface area contributed by atoms with E-state index in [1.807, 2.05) is 30.3 Å². The predicted octanol–water partition coefficient (Wildman–Crippen LogP) is 1.05. The third-order valence-electron chi connectivity index (χ3n) is 3.01. The summed E-state index contributed by atoms with van der Waals surface area (Å²) in [5.74, 6) is -1.51. The minimum atomic E-state index is -1.08. The summed E-state index contributed by atoms with van der Waals surface area (Å²) in [4.78, 5) is 24.4. The van der Waals surface area contributed by atoms with Gasteiger partial charge in [0, 0.05) is 19.9 Å². The van der Waals surface area contributed by atoms with Crippen LogP contribution in [-0.2, 0) is 9.53 Å². The molecule has 0 unspecified atom stereocenters. The number of amides is 1. The first-order chi connectivity index (χ1) is 10.6. The van der Waals surface area contributed by atoms with Gasteiger partial charge in [0.25, 0.3) is 5.91 Å². The SMILES string of the molecule is COCCN(CC(=O)O)C(=O)c1ccn(-c2ccccc2)n1. The molecule has 0 aliphatic rings. The van der Waals surface area contributed by atoms with Crippen molar-refractivity contribution >= 4 is 11.9 Å². The van der Waals surface area contributed by atoms with Gasteiger partial charge in [-0.05, 0) is 18.2 Å². The van der Waals surface area contributed by atoms with Crippen LogP contribution in [-0.4, -0.2) is 58.5 Å². The fraction of sp³-hybridized carbons (Fsp3) is 0.267. The molecule has 2 aromatic rings. The van der Waals surface area contributed by atoms with Gasteiger partial charge in [-0.15, -0.1) is 0 Å². The molecule has 7 nitrogen and oxygen atoms in total. The van der Waals surface area contributed by atoms with Crippen molar-refractivity contribution in [2.24, 2.45) is 0 Å². The second-order valence-electron chi connectivity index (χ2n) is 4.59. The predicted molar refractivity (Wildman–Crippen MR) is 79.0 cm³/mol. The minimum absolute atomic E-state index is 0.194.